The van der Waals surface area contributed by atoms with Gasteiger partial charge in [-0.15, -0.1) is 0 Å². The fourth-order valence-corrected chi connectivity index (χ4v) is 9.60. The summed E-state index contributed by atoms with van der Waals surface area (Å²) in [6.07, 6.45) is -4.55. The van der Waals surface area contributed by atoms with Gasteiger partial charge in [0, 0.05) is 32.8 Å². The minimum Gasteiger partial charge on any atom is -0.310 e. The predicted octanol–water partition coefficient (Wildman–Crippen LogP) is 16.8. The number of fused-ring (bicyclic) bond motifs is 6. The molecule has 0 saturated heterocycles. The van der Waals surface area contributed by atoms with Crippen LogP contribution in [-0.2, 0) is 6.18 Å². The molecule has 0 spiro atoms. The molecule has 0 aliphatic rings. The van der Waals surface area contributed by atoms with Crippen molar-refractivity contribution in [2.75, 3.05) is 0 Å². The summed E-state index contributed by atoms with van der Waals surface area (Å²) in [6, 6.07) is 61.7. The number of nitrogens with zero attached hydrogens (tertiary/aromatic N) is 5. The number of halogens is 3. The SMILES string of the molecule is [C-]#[N+]c1ccc(-c2ccc3c(c2)c2ccccc2n3-c2ccc(-c3cc(C)cc(C(F)(F)F)c3)cc2-c2c([N+]#[C-])cccc2-n2c3ccccc3c3cc(-c4ccc(C#N)cc4)ccc32)cc1. The lowest BCUT2D eigenvalue weighted by molar-refractivity contribution is -0.137. The van der Waals surface area contributed by atoms with E-state index in [2.05, 4.69) is 85.6 Å². The van der Waals surface area contributed by atoms with Gasteiger partial charge in [0.2, 0.25) is 0 Å². The topological polar surface area (TPSA) is 42.4 Å². The quantitative estimate of drug-likeness (QED) is 0.154. The first kappa shape index (κ1) is 40.6. The molecule has 0 aliphatic carbocycles. The lowest BCUT2D eigenvalue weighted by atomic mass is 9.93. The molecule has 0 bridgehead atoms. The molecule has 0 aliphatic heterocycles. The van der Waals surface area contributed by atoms with Crippen molar-refractivity contribution in [1.82, 2.24) is 9.13 Å². The van der Waals surface area contributed by atoms with Gasteiger partial charge in [0.1, 0.15) is 0 Å². The van der Waals surface area contributed by atoms with Crippen LogP contribution in [0.1, 0.15) is 16.7 Å². The number of benzene rings is 9. The van der Waals surface area contributed by atoms with E-state index in [0.717, 1.165) is 83.3 Å². The molecule has 0 fully saturated rings. The van der Waals surface area contributed by atoms with Gasteiger partial charge in [0.05, 0.1) is 58.1 Å². The summed E-state index contributed by atoms with van der Waals surface area (Å²) in [5, 5.41) is 13.4. The first-order valence-electron chi connectivity index (χ1n) is 21.5. The Morgan fingerprint density at radius 1 is 0.478 bits per heavy atom. The van der Waals surface area contributed by atoms with Crippen LogP contribution in [0.15, 0.2) is 188 Å². The standard InChI is InChI=1S/C59H34F3N5/c1-36-29-43(31-44(30-36)59(60,61)62)42-23-28-56(66-52-12-6-4-9-46(52)48-33-41(21-26-54(48)66)39-19-24-45(64-2)25-20-39)50(34-42)58-51(65-3)11-8-14-57(58)67-53-13-7-5-10-47(53)49-32-40(22-27-55(49)67)38-17-15-37(35-63)16-18-38/h4-34H,1H3. The zero-order chi connectivity index (χ0) is 46.0. The first-order chi connectivity index (χ1) is 32.6. The van der Waals surface area contributed by atoms with Crippen molar-refractivity contribution in [2.45, 2.75) is 13.1 Å². The second-order valence-corrected chi connectivity index (χ2v) is 16.6. The molecule has 2 heterocycles. The molecule has 11 rings (SSSR count). The minimum absolute atomic E-state index is 0.377. The largest absolute Gasteiger partial charge is 0.416 e. The fourth-order valence-electron chi connectivity index (χ4n) is 9.60. The number of rotatable bonds is 6. The number of para-hydroxylation sites is 2. The number of hydrogen-bond donors (Lipinski definition) is 0. The highest BCUT2D eigenvalue weighted by atomic mass is 19.4. The molecule has 11 aromatic rings. The molecule has 0 amide bonds. The molecule has 5 nitrogen and oxygen atoms in total. The van der Waals surface area contributed by atoms with Crippen LogP contribution >= 0.6 is 0 Å². The van der Waals surface area contributed by atoms with Crippen molar-refractivity contribution in [3.8, 4) is 62.0 Å². The third-order valence-corrected chi connectivity index (χ3v) is 12.6. The minimum atomic E-state index is -4.55. The average Bonchev–Trinajstić information content (AvgIpc) is 3.87. The molecular weight excluding hydrogens is 836 g/mol. The van der Waals surface area contributed by atoms with E-state index in [0.29, 0.717) is 44.8 Å². The summed E-state index contributed by atoms with van der Waals surface area (Å²) in [7, 11) is 0. The van der Waals surface area contributed by atoms with Crippen LogP contribution in [0, 0.1) is 31.4 Å². The zero-order valence-corrected chi connectivity index (χ0v) is 35.8. The smallest absolute Gasteiger partial charge is 0.310 e. The predicted molar refractivity (Wildman–Crippen MR) is 264 cm³/mol. The lowest BCUT2D eigenvalue weighted by Crippen LogP contribution is -2.05. The first-order valence-corrected chi connectivity index (χ1v) is 21.5. The van der Waals surface area contributed by atoms with E-state index in [1.165, 1.54) is 6.07 Å². The number of aryl methyl sites for hydroxylation is 1. The number of hydrogen-bond acceptors (Lipinski definition) is 1. The highest BCUT2D eigenvalue weighted by Crippen LogP contribution is 2.47. The average molecular weight is 870 g/mol. The second-order valence-electron chi connectivity index (χ2n) is 16.6. The van der Waals surface area contributed by atoms with Crippen molar-refractivity contribution in [2.24, 2.45) is 0 Å². The van der Waals surface area contributed by atoms with Crippen molar-refractivity contribution in [3.05, 3.63) is 228 Å². The summed E-state index contributed by atoms with van der Waals surface area (Å²) in [5.41, 5.74) is 12.5. The fraction of sp³-hybridized carbons (Fsp3) is 0.0339. The van der Waals surface area contributed by atoms with Crippen LogP contribution in [0.3, 0.4) is 0 Å². The number of aromatic nitrogens is 2. The summed E-state index contributed by atoms with van der Waals surface area (Å²) in [6.45, 7) is 17.8. The van der Waals surface area contributed by atoms with Crippen molar-refractivity contribution in [1.29, 1.82) is 5.26 Å². The molecule has 0 radical (unpaired) electrons. The molecule has 2 aromatic heterocycles. The van der Waals surface area contributed by atoms with Gasteiger partial charge in [0.15, 0.2) is 11.4 Å². The summed E-state index contributed by atoms with van der Waals surface area (Å²) < 4.78 is 47.5. The van der Waals surface area contributed by atoms with Crippen LogP contribution in [0.2, 0.25) is 0 Å². The highest BCUT2D eigenvalue weighted by Gasteiger charge is 2.31. The van der Waals surface area contributed by atoms with E-state index in [1.54, 1.807) is 19.1 Å². The zero-order valence-electron chi connectivity index (χ0n) is 35.8. The van der Waals surface area contributed by atoms with Gasteiger partial charge in [-0.05, 0) is 130 Å². The Kier molecular flexibility index (Phi) is 9.59. The molecule has 9 aromatic carbocycles. The van der Waals surface area contributed by atoms with Gasteiger partial charge < -0.3 is 9.13 Å². The Morgan fingerprint density at radius 3 is 1.60 bits per heavy atom. The Morgan fingerprint density at radius 2 is 1.01 bits per heavy atom. The summed E-state index contributed by atoms with van der Waals surface area (Å²) in [5.74, 6) is 0. The van der Waals surface area contributed by atoms with Gasteiger partial charge in [-0.3, -0.25) is 0 Å². The maximum atomic E-state index is 14.4. The Balaban J connectivity index is 1.21. The third kappa shape index (κ3) is 6.86. The van der Waals surface area contributed by atoms with E-state index in [9.17, 15) is 18.4 Å². The maximum absolute atomic E-state index is 14.4. The van der Waals surface area contributed by atoms with Gasteiger partial charge >= 0.3 is 6.18 Å². The third-order valence-electron chi connectivity index (χ3n) is 12.6. The van der Waals surface area contributed by atoms with Gasteiger partial charge in [0.25, 0.3) is 0 Å². The van der Waals surface area contributed by atoms with Crippen LogP contribution < -0.4 is 0 Å². The van der Waals surface area contributed by atoms with Crippen LogP contribution in [-0.4, -0.2) is 9.13 Å². The molecule has 8 heteroatoms. The van der Waals surface area contributed by atoms with Crippen LogP contribution in [0.5, 0.6) is 0 Å². The number of alkyl halides is 3. The van der Waals surface area contributed by atoms with Crippen LogP contribution in [0.25, 0.3) is 109 Å². The molecule has 0 N–H and O–H groups in total. The Hall–Kier alpha value is -9.16. The highest BCUT2D eigenvalue weighted by molar-refractivity contribution is 6.13. The molecule has 0 atom stereocenters. The van der Waals surface area contributed by atoms with Gasteiger partial charge in [-0.25, -0.2) is 9.69 Å². The molecule has 0 saturated carbocycles. The lowest BCUT2D eigenvalue weighted by Gasteiger charge is -2.21. The Labute approximate surface area is 383 Å². The van der Waals surface area contributed by atoms with E-state index < -0.39 is 11.7 Å². The van der Waals surface area contributed by atoms with Crippen molar-refractivity contribution >= 4 is 55.0 Å². The Bertz CT molecular complexity index is 3950. The monoisotopic (exact) mass is 869 g/mol. The second kappa shape index (κ2) is 15.8. The van der Waals surface area contributed by atoms with Gasteiger partial charge in [-0.1, -0.05) is 109 Å². The van der Waals surface area contributed by atoms with Gasteiger partial charge in [-0.2, -0.15) is 18.4 Å². The van der Waals surface area contributed by atoms with E-state index in [4.69, 9.17) is 13.1 Å². The van der Waals surface area contributed by atoms with E-state index in [1.807, 2.05) is 103 Å². The maximum Gasteiger partial charge on any atom is 0.416 e. The molecule has 0 unspecified atom stereocenters. The van der Waals surface area contributed by atoms with Crippen molar-refractivity contribution < 1.29 is 13.2 Å². The van der Waals surface area contributed by atoms with E-state index >= 15 is 0 Å². The number of nitriles is 1. The summed E-state index contributed by atoms with van der Waals surface area (Å²) in [4.78, 5) is 7.71. The normalized spacial score (nSPS) is 11.5. The van der Waals surface area contributed by atoms with Crippen LogP contribution in [0.4, 0.5) is 24.5 Å². The van der Waals surface area contributed by atoms with Crippen molar-refractivity contribution in [3.63, 3.8) is 0 Å². The van der Waals surface area contributed by atoms with E-state index in [-0.39, 0.29) is 0 Å². The molecule has 67 heavy (non-hydrogen) atoms. The molecular formula is C59H34F3N5. The molecule has 316 valence electrons. The summed E-state index contributed by atoms with van der Waals surface area (Å²) >= 11 is 0.